The lowest BCUT2D eigenvalue weighted by Crippen LogP contribution is -2.19. The first kappa shape index (κ1) is 19.4. The van der Waals surface area contributed by atoms with Crippen LogP contribution in [-0.4, -0.2) is 19.8 Å². The molecule has 0 saturated carbocycles. The smallest absolute Gasteiger partial charge is 0.0614 e. The topological polar surface area (TPSA) is 20.2 Å². The SMILES string of the molecule is CC(=CCO)CCC=C(C)CCC=C(C)C[Si](C)(C)C. The third kappa shape index (κ3) is 12.4. The second kappa shape index (κ2) is 10.2. The van der Waals surface area contributed by atoms with Gasteiger partial charge in [-0.05, 0) is 52.5 Å². The van der Waals surface area contributed by atoms with Crippen LogP contribution in [0.1, 0.15) is 46.5 Å². The highest BCUT2D eigenvalue weighted by Crippen LogP contribution is 2.17. The fraction of sp³-hybridized carbons (Fsp3) is 0.667. The summed E-state index contributed by atoms with van der Waals surface area (Å²) in [6.07, 6.45) is 11.2. The number of allylic oxidation sites excluding steroid dienone is 5. The minimum atomic E-state index is -0.949. The summed E-state index contributed by atoms with van der Waals surface area (Å²) in [4.78, 5) is 0. The summed E-state index contributed by atoms with van der Waals surface area (Å²) in [5.41, 5.74) is 4.33. The Labute approximate surface area is 127 Å². The predicted octanol–water partition coefficient (Wildman–Crippen LogP) is 5.72. The summed E-state index contributed by atoms with van der Waals surface area (Å²) in [5.74, 6) is 0. The van der Waals surface area contributed by atoms with E-state index in [0.29, 0.717) is 0 Å². The molecule has 20 heavy (non-hydrogen) atoms. The Hall–Kier alpha value is -0.603. The Kier molecular flexibility index (Phi) is 9.86. The average molecular weight is 295 g/mol. The maximum atomic E-state index is 8.80. The van der Waals surface area contributed by atoms with Crippen LogP contribution in [0.25, 0.3) is 0 Å². The Morgan fingerprint density at radius 2 is 1.25 bits per heavy atom. The molecule has 0 aromatic heterocycles. The molecule has 0 aromatic rings. The monoisotopic (exact) mass is 294 g/mol. The molecule has 0 aliphatic rings. The molecule has 0 aromatic carbocycles. The Balaban J connectivity index is 4.01. The van der Waals surface area contributed by atoms with Crippen molar-refractivity contribution in [3.05, 3.63) is 34.9 Å². The zero-order chi connectivity index (χ0) is 15.6. The molecule has 0 radical (unpaired) electrons. The Morgan fingerprint density at radius 3 is 1.70 bits per heavy atom. The van der Waals surface area contributed by atoms with Gasteiger partial charge in [-0.1, -0.05) is 54.6 Å². The van der Waals surface area contributed by atoms with Gasteiger partial charge < -0.3 is 5.11 Å². The summed E-state index contributed by atoms with van der Waals surface area (Å²) >= 11 is 0. The fourth-order valence-corrected chi connectivity index (χ4v) is 4.18. The standard InChI is InChI=1S/C18H34OSi/c1-16(9-7-11-17(2)13-14-19)10-8-12-18(3)15-20(4,5)6/h9,12-13,19H,7-8,10-11,14-15H2,1-6H3. The number of rotatable bonds is 9. The molecule has 0 bridgehead atoms. The van der Waals surface area contributed by atoms with Crippen molar-refractivity contribution in [3.8, 4) is 0 Å². The summed E-state index contributed by atoms with van der Waals surface area (Å²) in [5, 5.41) is 8.80. The van der Waals surface area contributed by atoms with Crippen molar-refractivity contribution in [2.24, 2.45) is 0 Å². The van der Waals surface area contributed by atoms with E-state index >= 15 is 0 Å². The molecule has 0 amide bonds. The predicted molar refractivity (Wildman–Crippen MR) is 95.0 cm³/mol. The molecule has 0 heterocycles. The highest BCUT2D eigenvalue weighted by atomic mass is 28.3. The van der Waals surface area contributed by atoms with Gasteiger partial charge in [0.15, 0.2) is 0 Å². The highest BCUT2D eigenvalue weighted by molar-refractivity contribution is 6.76. The van der Waals surface area contributed by atoms with E-state index in [2.05, 4.69) is 52.6 Å². The summed E-state index contributed by atoms with van der Waals surface area (Å²) in [6.45, 7) is 14.0. The van der Waals surface area contributed by atoms with Crippen molar-refractivity contribution in [3.63, 3.8) is 0 Å². The van der Waals surface area contributed by atoms with E-state index in [1.54, 1.807) is 5.57 Å². The van der Waals surface area contributed by atoms with Gasteiger partial charge in [0.2, 0.25) is 0 Å². The third-order valence-electron chi connectivity index (χ3n) is 3.31. The first-order chi connectivity index (χ1) is 9.24. The van der Waals surface area contributed by atoms with Crippen LogP contribution in [0, 0.1) is 0 Å². The molecular formula is C18H34OSi. The van der Waals surface area contributed by atoms with Gasteiger partial charge in [0, 0.05) is 8.07 Å². The minimum Gasteiger partial charge on any atom is -0.392 e. The van der Waals surface area contributed by atoms with Gasteiger partial charge in [0.1, 0.15) is 0 Å². The maximum absolute atomic E-state index is 8.80. The Morgan fingerprint density at radius 1 is 0.800 bits per heavy atom. The highest BCUT2D eigenvalue weighted by Gasteiger charge is 2.12. The molecule has 0 fully saturated rings. The molecule has 0 unspecified atom stereocenters. The lowest BCUT2D eigenvalue weighted by atomic mass is 10.1. The van der Waals surface area contributed by atoms with Crippen LogP contribution < -0.4 is 0 Å². The van der Waals surface area contributed by atoms with Gasteiger partial charge in [-0.25, -0.2) is 0 Å². The molecule has 0 aliphatic carbocycles. The summed E-state index contributed by atoms with van der Waals surface area (Å²) in [6, 6.07) is 1.32. The maximum Gasteiger partial charge on any atom is 0.0614 e. The quantitative estimate of drug-likeness (QED) is 0.426. The van der Waals surface area contributed by atoms with Crippen molar-refractivity contribution >= 4 is 8.07 Å². The fourth-order valence-electron chi connectivity index (χ4n) is 2.36. The number of hydrogen-bond donors (Lipinski definition) is 1. The first-order valence-corrected chi connectivity index (χ1v) is 11.5. The van der Waals surface area contributed by atoms with E-state index in [1.807, 2.05) is 6.08 Å². The van der Waals surface area contributed by atoms with Crippen LogP contribution >= 0.6 is 0 Å². The van der Waals surface area contributed by atoms with Crippen molar-refractivity contribution in [1.29, 1.82) is 0 Å². The van der Waals surface area contributed by atoms with Gasteiger partial charge in [-0.2, -0.15) is 0 Å². The van der Waals surface area contributed by atoms with Crippen molar-refractivity contribution in [1.82, 2.24) is 0 Å². The second-order valence-corrected chi connectivity index (χ2v) is 12.6. The minimum absolute atomic E-state index is 0.162. The van der Waals surface area contributed by atoms with Gasteiger partial charge in [-0.3, -0.25) is 0 Å². The molecule has 2 heteroatoms. The molecule has 0 aliphatic heterocycles. The molecule has 0 saturated heterocycles. The van der Waals surface area contributed by atoms with Gasteiger partial charge in [0.05, 0.1) is 6.61 Å². The van der Waals surface area contributed by atoms with Gasteiger partial charge in [0.25, 0.3) is 0 Å². The number of hydrogen-bond acceptors (Lipinski definition) is 1. The van der Waals surface area contributed by atoms with E-state index in [9.17, 15) is 0 Å². The van der Waals surface area contributed by atoms with Crippen LogP contribution in [0.5, 0.6) is 0 Å². The van der Waals surface area contributed by atoms with Crippen molar-refractivity contribution in [2.75, 3.05) is 6.61 Å². The molecule has 116 valence electrons. The first-order valence-electron chi connectivity index (χ1n) is 7.82. The summed E-state index contributed by atoms with van der Waals surface area (Å²) in [7, 11) is -0.949. The van der Waals surface area contributed by atoms with E-state index in [4.69, 9.17) is 5.11 Å². The van der Waals surface area contributed by atoms with E-state index in [0.717, 1.165) is 12.8 Å². The van der Waals surface area contributed by atoms with Crippen LogP contribution in [-0.2, 0) is 0 Å². The number of aliphatic hydroxyl groups excluding tert-OH is 1. The average Bonchev–Trinajstić information content (AvgIpc) is 2.26. The van der Waals surface area contributed by atoms with Gasteiger partial charge in [-0.15, -0.1) is 0 Å². The number of aliphatic hydroxyl groups is 1. The molecule has 0 atom stereocenters. The molecule has 0 rings (SSSR count). The van der Waals surface area contributed by atoms with Crippen LogP contribution in [0.3, 0.4) is 0 Å². The van der Waals surface area contributed by atoms with E-state index in [-0.39, 0.29) is 6.61 Å². The molecule has 1 nitrogen and oxygen atoms in total. The second-order valence-electron chi connectivity index (χ2n) is 7.15. The zero-order valence-corrected chi connectivity index (χ0v) is 15.4. The molecular weight excluding hydrogens is 260 g/mol. The van der Waals surface area contributed by atoms with Crippen LogP contribution in [0.4, 0.5) is 0 Å². The molecule has 0 spiro atoms. The Bertz CT molecular complexity index is 356. The zero-order valence-electron chi connectivity index (χ0n) is 14.4. The van der Waals surface area contributed by atoms with E-state index in [1.165, 1.54) is 30.0 Å². The lowest BCUT2D eigenvalue weighted by Gasteiger charge is -2.15. The van der Waals surface area contributed by atoms with Crippen molar-refractivity contribution in [2.45, 2.75) is 72.1 Å². The summed E-state index contributed by atoms with van der Waals surface area (Å²) < 4.78 is 0. The molecule has 1 N–H and O–H groups in total. The third-order valence-corrected chi connectivity index (χ3v) is 4.93. The van der Waals surface area contributed by atoms with Crippen LogP contribution in [0.2, 0.25) is 25.7 Å². The largest absolute Gasteiger partial charge is 0.392 e. The van der Waals surface area contributed by atoms with Gasteiger partial charge >= 0.3 is 0 Å². The van der Waals surface area contributed by atoms with E-state index < -0.39 is 8.07 Å². The van der Waals surface area contributed by atoms with Crippen molar-refractivity contribution < 1.29 is 5.11 Å². The lowest BCUT2D eigenvalue weighted by molar-refractivity contribution is 0.341. The van der Waals surface area contributed by atoms with Crippen LogP contribution in [0.15, 0.2) is 34.9 Å². The normalized spacial score (nSPS) is 14.8.